The molecule has 0 aliphatic heterocycles. The van der Waals surface area contributed by atoms with Gasteiger partial charge in [-0.05, 0) is 18.9 Å². The molecule has 1 aliphatic carbocycles. The van der Waals surface area contributed by atoms with Gasteiger partial charge in [-0.1, -0.05) is 37.8 Å². The molecule has 4 heteroatoms. The third kappa shape index (κ3) is 3.74. The summed E-state index contributed by atoms with van der Waals surface area (Å²) in [6.07, 6.45) is 6.84. The third-order valence-electron chi connectivity index (χ3n) is 3.83. The van der Waals surface area contributed by atoms with E-state index in [4.69, 9.17) is 0 Å². The molecule has 1 aromatic rings. The predicted octanol–water partition coefficient (Wildman–Crippen LogP) is 3.31. The van der Waals surface area contributed by atoms with E-state index in [0.717, 1.165) is 31.7 Å². The number of nitrogens with one attached hydrogen (secondary N) is 1. The summed E-state index contributed by atoms with van der Waals surface area (Å²) in [4.78, 5) is 0. The van der Waals surface area contributed by atoms with E-state index in [9.17, 15) is 13.9 Å². The van der Waals surface area contributed by atoms with Crippen molar-refractivity contribution in [3.05, 3.63) is 35.4 Å². The standard InChI is InChI=1S/C15H21F2NO/c16-13-9-5-8-12(15(13)17)14(10-19)18-11-6-3-1-2-4-7-11/h5,8-9,11,14,18-19H,1-4,6-7,10H2. The fourth-order valence-corrected chi connectivity index (χ4v) is 2.76. The SMILES string of the molecule is OCC(NC1CCCCCC1)c1cccc(F)c1F. The molecule has 1 saturated carbocycles. The zero-order valence-electron chi connectivity index (χ0n) is 11.0. The minimum absolute atomic E-state index is 0.215. The molecule has 0 amide bonds. The number of hydrogen-bond donors (Lipinski definition) is 2. The Balaban J connectivity index is 2.08. The van der Waals surface area contributed by atoms with Crippen molar-refractivity contribution in [3.8, 4) is 0 Å². The fraction of sp³-hybridized carbons (Fsp3) is 0.600. The van der Waals surface area contributed by atoms with Crippen molar-refractivity contribution in [3.63, 3.8) is 0 Å². The van der Waals surface area contributed by atoms with Crippen LogP contribution in [0.3, 0.4) is 0 Å². The van der Waals surface area contributed by atoms with Crippen molar-refractivity contribution in [2.24, 2.45) is 0 Å². The van der Waals surface area contributed by atoms with Gasteiger partial charge in [0.05, 0.1) is 12.6 Å². The van der Waals surface area contributed by atoms with Gasteiger partial charge in [-0.2, -0.15) is 0 Å². The van der Waals surface area contributed by atoms with E-state index in [-0.39, 0.29) is 18.2 Å². The Hall–Kier alpha value is -1.00. The van der Waals surface area contributed by atoms with E-state index in [2.05, 4.69) is 5.32 Å². The van der Waals surface area contributed by atoms with Crippen molar-refractivity contribution in [1.82, 2.24) is 5.32 Å². The number of halogens is 2. The van der Waals surface area contributed by atoms with E-state index in [1.54, 1.807) is 0 Å². The summed E-state index contributed by atoms with van der Waals surface area (Å²) in [6, 6.07) is 3.86. The molecule has 0 saturated heterocycles. The molecule has 1 fully saturated rings. The molecule has 0 radical (unpaired) electrons. The summed E-state index contributed by atoms with van der Waals surface area (Å²) >= 11 is 0. The van der Waals surface area contributed by atoms with Gasteiger partial charge in [-0.25, -0.2) is 8.78 Å². The quantitative estimate of drug-likeness (QED) is 0.822. The second-order valence-corrected chi connectivity index (χ2v) is 5.23. The first-order chi connectivity index (χ1) is 9.22. The molecule has 2 rings (SSSR count). The van der Waals surface area contributed by atoms with Gasteiger partial charge in [0.15, 0.2) is 11.6 Å². The van der Waals surface area contributed by atoms with Crippen LogP contribution in [0.1, 0.15) is 50.1 Å². The lowest BCUT2D eigenvalue weighted by atomic mass is 10.0. The Kier molecular flexibility index (Phi) is 5.28. The van der Waals surface area contributed by atoms with Crippen molar-refractivity contribution in [2.45, 2.75) is 50.6 Å². The average molecular weight is 269 g/mol. The van der Waals surface area contributed by atoms with Gasteiger partial charge in [-0.15, -0.1) is 0 Å². The van der Waals surface area contributed by atoms with E-state index in [1.807, 2.05) is 0 Å². The van der Waals surface area contributed by atoms with Gasteiger partial charge in [-0.3, -0.25) is 0 Å². The molecule has 106 valence electrons. The van der Waals surface area contributed by atoms with Crippen LogP contribution in [-0.4, -0.2) is 17.8 Å². The first-order valence-electron chi connectivity index (χ1n) is 7.03. The molecular weight excluding hydrogens is 248 g/mol. The van der Waals surface area contributed by atoms with Crippen LogP contribution in [0, 0.1) is 11.6 Å². The molecule has 2 N–H and O–H groups in total. The Bertz CT molecular complexity index is 403. The van der Waals surface area contributed by atoms with Crippen molar-refractivity contribution in [2.75, 3.05) is 6.61 Å². The second-order valence-electron chi connectivity index (χ2n) is 5.23. The van der Waals surface area contributed by atoms with E-state index < -0.39 is 17.7 Å². The molecule has 0 spiro atoms. The first-order valence-corrected chi connectivity index (χ1v) is 7.03. The highest BCUT2D eigenvalue weighted by atomic mass is 19.2. The average Bonchev–Trinajstić information content (AvgIpc) is 2.68. The zero-order chi connectivity index (χ0) is 13.7. The molecule has 1 aliphatic rings. The summed E-state index contributed by atoms with van der Waals surface area (Å²) in [7, 11) is 0. The minimum atomic E-state index is -0.862. The van der Waals surface area contributed by atoms with E-state index in [1.165, 1.54) is 25.0 Å². The number of aliphatic hydroxyl groups excluding tert-OH is 1. The van der Waals surface area contributed by atoms with Crippen LogP contribution in [-0.2, 0) is 0 Å². The monoisotopic (exact) mass is 269 g/mol. The minimum Gasteiger partial charge on any atom is -0.394 e. The highest BCUT2D eigenvalue weighted by Crippen LogP contribution is 2.23. The summed E-state index contributed by atoms with van der Waals surface area (Å²) in [5, 5.41) is 12.7. The van der Waals surface area contributed by atoms with Crippen LogP contribution in [0.4, 0.5) is 8.78 Å². The van der Waals surface area contributed by atoms with Gasteiger partial charge in [0.25, 0.3) is 0 Å². The summed E-state index contributed by atoms with van der Waals surface area (Å²) < 4.78 is 27.0. The number of benzene rings is 1. The number of hydrogen-bond acceptors (Lipinski definition) is 2. The van der Waals surface area contributed by atoms with Gasteiger partial charge in [0, 0.05) is 11.6 Å². The second kappa shape index (κ2) is 6.96. The highest BCUT2D eigenvalue weighted by Gasteiger charge is 2.21. The van der Waals surface area contributed by atoms with E-state index in [0.29, 0.717) is 0 Å². The van der Waals surface area contributed by atoms with Gasteiger partial charge in [0.1, 0.15) is 0 Å². The summed E-state index contributed by atoms with van der Waals surface area (Å²) in [5.74, 6) is -1.72. The summed E-state index contributed by atoms with van der Waals surface area (Å²) in [6.45, 7) is -0.225. The molecule has 1 aromatic carbocycles. The molecule has 19 heavy (non-hydrogen) atoms. The van der Waals surface area contributed by atoms with Crippen LogP contribution in [0.15, 0.2) is 18.2 Å². The maximum Gasteiger partial charge on any atom is 0.163 e. The lowest BCUT2D eigenvalue weighted by Gasteiger charge is -2.24. The van der Waals surface area contributed by atoms with Crippen LogP contribution in [0.2, 0.25) is 0 Å². The Morgan fingerprint density at radius 2 is 1.84 bits per heavy atom. The summed E-state index contributed by atoms with van der Waals surface area (Å²) in [5.41, 5.74) is 0.215. The Labute approximate surface area is 112 Å². The smallest absolute Gasteiger partial charge is 0.163 e. The lowest BCUT2D eigenvalue weighted by Crippen LogP contribution is -2.35. The van der Waals surface area contributed by atoms with Gasteiger partial charge < -0.3 is 10.4 Å². The third-order valence-corrected chi connectivity index (χ3v) is 3.83. The van der Waals surface area contributed by atoms with Crippen LogP contribution in [0.25, 0.3) is 0 Å². The van der Waals surface area contributed by atoms with Crippen LogP contribution in [0.5, 0.6) is 0 Å². The molecular formula is C15H21F2NO. The number of rotatable bonds is 4. The number of aliphatic hydroxyl groups is 1. The predicted molar refractivity (Wildman–Crippen MR) is 70.8 cm³/mol. The fourth-order valence-electron chi connectivity index (χ4n) is 2.76. The molecule has 0 heterocycles. The van der Waals surface area contributed by atoms with Crippen LogP contribution < -0.4 is 5.32 Å². The normalized spacial score (nSPS) is 19.1. The molecule has 1 unspecified atom stereocenters. The van der Waals surface area contributed by atoms with E-state index >= 15 is 0 Å². The van der Waals surface area contributed by atoms with Gasteiger partial charge >= 0.3 is 0 Å². The Morgan fingerprint density at radius 3 is 2.47 bits per heavy atom. The maximum atomic E-state index is 13.7. The Morgan fingerprint density at radius 1 is 1.16 bits per heavy atom. The van der Waals surface area contributed by atoms with Gasteiger partial charge in [0.2, 0.25) is 0 Å². The first kappa shape index (κ1) is 14.4. The highest BCUT2D eigenvalue weighted by molar-refractivity contribution is 5.22. The van der Waals surface area contributed by atoms with Crippen molar-refractivity contribution >= 4 is 0 Å². The van der Waals surface area contributed by atoms with Crippen molar-refractivity contribution in [1.29, 1.82) is 0 Å². The molecule has 0 aromatic heterocycles. The van der Waals surface area contributed by atoms with Crippen LogP contribution >= 0.6 is 0 Å². The molecule has 2 nitrogen and oxygen atoms in total. The molecule has 0 bridgehead atoms. The van der Waals surface area contributed by atoms with Crippen molar-refractivity contribution < 1.29 is 13.9 Å². The topological polar surface area (TPSA) is 32.3 Å². The molecule has 1 atom stereocenters. The largest absolute Gasteiger partial charge is 0.394 e. The zero-order valence-corrected chi connectivity index (χ0v) is 11.0. The maximum absolute atomic E-state index is 13.7. The lowest BCUT2D eigenvalue weighted by molar-refractivity contribution is 0.224.